The number of rotatable bonds is 5. The summed E-state index contributed by atoms with van der Waals surface area (Å²) in [7, 11) is 0. The molecule has 0 unspecified atom stereocenters. The number of anilines is 1. The van der Waals surface area contributed by atoms with Crippen LogP contribution >= 0.6 is 0 Å². The largest absolute Gasteiger partial charge is 0.448 e. The van der Waals surface area contributed by atoms with Crippen LogP contribution in [0.15, 0.2) is 54.6 Å². The lowest BCUT2D eigenvalue weighted by Gasteiger charge is -2.21. The van der Waals surface area contributed by atoms with Gasteiger partial charge in [-0.3, -0.25) is 4.79 Å². The molecule has 0 aromatic heterocycles. The summed E-state index contributed by atoms with van der Waals surface area (Å²) < 4.78 is 4.76. The van der Waals surface area contributed by atoms with E-state index in [1.54, 1.807) is 4.90 Å². The van der Waals surface area contributed by atoms with Crippen molar-refractivity contribution in [2.45, 2.75) is 0 Å². The predicted molar refractivity (Wildman–Crippen MR) is 90.4 cm³/mol. The fourth-order valence-electron chi connectivity index (χ4n) is 2.76. The first-order valence-electron chi connectivity index (χ1n) is 7.25. The minimum Gasteiger partial charge on any atom is -0.448 e. The molecule has 0 heterocycles. The van der Waals surface area contributed by atoms with Crippen LogP contribution < -0.4 is 10.6 Å². The fourth-order valence-corrected chi connectivity index (χ4v) is 2.76. The van der Waals surface area contributed by atoms with E-state index < -0.39 is 6.09 Å². The maximum atomic E-state index is 11.6. The Morgan fingerprint density at radius 1 is 1.04 bits per heavy atom. The van der Waals surface area contributed by atoms with Crippen molar-refractivity contribution < 1.29 is 14.3 Å². The summed E-state index contributed by atoms with van der Waals surface area (Å²) in [5.74, 6) is 0. The van der Waals surface area contributed by atoms with Crippen molar-refractivity contribution in [3.63, 3.8) is 0 Å². The molecule has 0 atom stereocenters. The van der Waals surface area contributed by atoms with Crippen molar-refractivity contribution in [1.82, 2.24) is 0 Å². The summed E-state index contributed by atoms with van der Waals surface area (Å²) in [5.41, 5.74) is 5.78. The molecule has 0 bridgehead atoms. The number of benzene rings is 3. The second-order valence-electron chi connectivity index (χ2n) is 5.13. The molecule has 0 aliphatic heterocycles. The second-order valence-corrected chi connectivity index (χ2v) is 5.13. The van der Waals surface area contributed by atoms with E-state index >= 15 is 0 Å². The first-order chi connectivity index (χ1) is 11.2. The van der Waals surface area contributed by atoms with Crippen molar-refractivity contribution in [1.29, 1.82) is 0 Å². The van der Waals surface area contributed by atoms with Crippen LogP contribution in [0, 0.1) is 0 Å². The van der Waals surface area contributed by atoms with E-state index in [0.717, 1.165) is 33.6 Å². The molecule has 0 saturated carbocycles. The second kappa shape index (κ2) is 6.36. The minimum absolute atomic E-state index is 0.0472. The predicted octanol–water partition coefficient (Wildman–Crippen LogP) is 3.05. The van der Waals surface area contributed by atoms with Crippen molar-refractivity contribution in [3.8, 4) is 0 Å². The molecule has 0 aliphatic carbocycles. The molecule has 2 N–H and O–H groups in total. The van der Waals surface area contributed by atoms with Gasteiger partial charge in [-0.1, -0.05) is 48.5 Å². The van der Waals surface area contributed by atoms with Gasteiger partial charge in [0.2, 0.25) is 6.41 Å². The van der Waals surface area contributed by atoms with E-state index in [1.807, 2.05) is 48.5 Å². The lowest BCUT2D eigenvalue weighted by atomic mass is 10.0. The number of hydrogen-bond acceptors (Lipinski definition) is 3. The number of primary amides is 1. The Kier molecular flexibility index (Phi) is 4.10. The highest BCUT2D eigenvalue weighted by atomic mass is 16.5. The highest BCUT2D eigenvalue weighted by Crippen LogP contribution is 2.34. The van der Waals surface area contributed by atoms with Gasteiger partial charge in [-0.2, -0.15) is 0 Å². The molecule has 0 saturated heterocycles. The Morgan fingerprint density at radius 2 is 1.61 bits per heavy atom. The van der Waals surface area contributed by atoms with Crippen molar-refractivity contribution in [3.05, 3.63) is 54.6 Å². The van der Waals surface area contributed by atoms with Gasteiger partial charge in [0.25, 0.3) is 0 Å². The summed E-state index contributed by atoms with van der Waals surface area (Å²) in [6, 6.07) is 17.8. The number of nitrogens with two attached hydrogens (primary N) is 1. The molecule has 3 aromatic rings. The molecule has 0 spiro atoms. The number of carbonyl (C=O) groups excluding carboxylic acids is 2. The van der Waals surface area contributed by atoms with Crippen LogP contribution in [0.5, 0.6) is 0 Å². The smallest absolute Gasteiger partial charge is 0.404 e. The van der Waals surface area contributed by atoms with E-state index in [1.165, 1.54) is 0 Å². The van der Waals surface area contributed by atoms with Crippen molar-refractivity contribution in [2.24, 2.45) is 5.73 Å². The van der Waals surface area contributed by atoms with Crippen LogP contribution in [0.2, 0.25) is 0 Å². The first-order valence-corrected chi connectivity index (χ1v) is 7.25. The number of fused-ring (bicyclic) bond motifs is 2. The average Bonchev–Trinajstić information content (AvgIpc) is 2.57. The number of ether oxygens (including phenoxy) is 1. The topological polar surface area (TPSA) is 72.6 Å². The van der Waals surface area contributed by atoms with Gasteiger partial charge in [0.1, 0.15) is 6.61 Å². The minimum atomic E-state index is -0.848. The lowest BCUT2D eigenvalue weighted by Crippen LogP contribution is -2.28. The third kappa shape index (κ3) is 2.94. The highest BCUT2D eigenvalue weighted by Gasteiger charge is 2.14. The Balaban J connectivity index is 2.14. The van der Waals surface area contributed by atoms with Crippen LogP contribution in [0.25, 0.3) is 21.5 Å². The molecule has 3 rings (SSSR count). The number of hydrogen-bond donors (Lipinski definition) is 1. The molecule has 5 heteroatoms. The summed E-state index contributed by atoms with van der Waals surface area (Å²) in [4.78, 5) is 23.9. The Morgan fingerprint density at radius 3 is 2.13 bits per heavy atom. The van der Waals surface area contributed by atoms with Gasteiger partial charge in [-0.25, -0.2) is 4.79 Å². The average molecular weight is 308 g/mol. The highest BCUT2D eigenvalue weighted by molar-refractivity contribution is 6.13. The van der Waals surface area contributed by atoms with Crippen LogP contribution in [0.3, 0.4) is 0 Å². The Labute approximate surface area is 133 Å². The molecule has 0 radical (unpaired) electrons. The summed E-state index contributed by atoms with van der Waals surface area (Å²) in [6.07, 6.45) is -0.0999. The molecule has 0 aliphatic rings. The SMILES string of the molecule is NC(=O)OCCN(C=O)c1c2ccccc2cc2ccccc12. The quantitative estimate of drug-likeness (QED) is 0.581. The summed E-state index contributed by atoms with van der Waals surface area (Å²) >= 11 is 0. The van der Waals surface area contributed by atoms with E-state index in [-0.39, 0.29) is 13.2 Å². The Hall–Kier alpha value is -3.08. The summed E-state index contributed by atoms with van der Waals surface area (Å²) in [6.45, 7) is 0.288. The number of amides is 2. The van der Waals surface area contributed by atoms with Gasteiger partial charge in [-0.15, -0.1) is 0 Å². The Bertz CT molecular complexity index is 822. The zero-order chi connectivity index (χ0) is 16.2. The first kappa shape index (κ1) is 14.8. The zero-order valence-corrected chi connectivity index (χ0v) is 12.4. The maximum Gasteiger partial charge on any atom is 0.404 e. The molecule has 3 aromatic carbocycles. The molecule has 2 amide bonds. The van der Waals surface area contributed by atoms with Crippen LogP contribution in [-0.2, 0) is 9.53 Å². The van der Waals surface area contributed by atoms with Crippen LogP contribution in [-0.4, -0.2) is 25.7 Å². The number of nitrogens with zero attached hydrogens (tertiary/aromatic N) is 1. The zero-order valence-electron chi connectivity index (χ0n) is 12.4. The maximum absolute atomic E-state index is 11.6. The van der Waals surface area contributed by atoms with Crippen LogP contribution in [0.4, 0.5) is 10.5 Å². The van der Waals surface area contributed by atoms with Crippen molar-refractivity contribution >= 4 is 39.7 Å². The van der Waals surface area contributed by atoms with Gasteiger partial charge in [-0.05, 0) is 16.8 Å². The van der Waals surface area contributed by atoms with Crippen LogP contribution in [0.1, 0.15) is 0 Å². The van der Waals surface area contributed by atoms with E-state index in [0.29, 0.717) is 0 Å². The monoisotopic (exact) mass is 308 g/mol. The molecule has 0 fully saturated rings. The van der Waals surface area contributed by atoms with Gasteiger partial charge in [0, 0.05) is 10.8 Å². The molecular formula is C18H16N2O3. The molecular weight excluding hydrogens is 292 g/mol. The van der Waals surface area contributed by atoms with Gasteiger partial charge < -0.3 is 15.4 Å². The standard InChI is InChI=1S/C18H16N2O3/c19-18(22)23-10-9-20(12-21)17-15-7-3-1-5-13(15)11-14-6-2-4-8-16(14)17/h1-8,11-12H,9-10H2,(H2,19,22). The van der Waals surface area contributed by atoms with Gasteiger partial charge >= 0.3 is 6.09 Å². The van der Waals surface area contributed by atoms with E-state index in [4.69, 9.17) is 10.5 Å². The van der Waals surface area contributed by atoms with Gasteiger partial charge in [0.05, 0.1) is 12.2 Å². The van der Waals surface area contributed by atoms with Crippen molar-refractivity contribution in [2.75, 3.05) is 18.1 Å². The lowest BCUT2D eigenvalue weighted by molar-refractivity contribution is -0.107. The normalized spacial score (nSPS) is 10.6. The van der Waals surface area contributed by atoms with Gasteiger partial charge in [0.15, 0.2) is 0 Å². The van der Waals surface area contributed by atoms with E-state index in [2.05, 4.69) is 6.07 Å². The third-order valence-electron chi connectivity index (χ3n) is 3.73. The fraction of sp³-hybridized carbons (Fsp3) is 0.111. The summed E-state index contributed by atoms with van der Waals surface area (Å²) in [5, 5.41) is 4.03. The number of carbonyl (C=O) groups is 2. The van der Waals surface area contributed by atoms with E-state index in [9.17, 15) is 9.59 Å². The molecule has 23 heavy (non-hydrogen) atoms. The molecule has 116 valence electrons. The molecule has 5 nitrogen and oxygen atoms in total. The third-order valence-corrected chi connectivity index (χ3v) is 3.73.